The van der Waals surface area contributed by atoms with Gasteiger partial charge < -0.3 is 19.9 Å². The zero-order valence-corrected chi connectivity index (χ0v) is 19.3. The normalized spacial score (nSPS) is 19.8. The highest BCUT2D eigenvalue weighted by atomic mass is 16.5. The molecule has 2 aliphatic heterocycles. The number of amides is 3. The Morgan fingerprint density at radius 1 is 1.06 bits per heavy atom. The number of hydrogen-bond donors (Lipinski definition) is 1. The topological polar surface area (TPSA) is 79.0 Å². The third-order valence-corrected chi connectivity index (χ3v) is 6.60. The third-order valence-electron chi connectivity index (χ3n) is 6.60. The monoisotopic (exact) mass is 449 g/mol. The molecule has 0 aromatic heterocycles. The average Bonchev–Trinajstić information content (AvgIpc) is 3.19. The van der Waals surface area contributed by atoms with Gasteiger partial charge in [-0.15, -0.1) is 0 Å². The maximum atomic E-state index is 13.1. The Labute approximate surface area is 194 Å². The number of carbonyl (C=O) groups is 3. The summed E-state index contributed by atoms with van der Waals surface area (Å²) in [6.07, 6.45) is 1.86. The molecule has 0 saturated carbocycles. The smallest absolute Gasteiger partial charge is 0.245 e. The predicted octanol–water partition coefficient (Wildman–Crippen LogP) is 2.49. The van der Waals surface area contributed by atoms with Gasteiger partial charge in [-0.05, 0) is 48.6 Å². The van der Waals surface area contributed by atoms with Gasteiger partial charge >= 0.3 is 0 Å². The first kappa shape index (κ1) is 22.8. The summed E-state index contributed by atoms with van der Waals surface area (Å²) in [5.74, 6) is 0.409. The Morgan fingerprint density at radius 2 is 1.73 bits per heavy atom. The lowest BCUT2D eigenvalue weighted by molar-refractivity contribution is -0.143. The van der Waals surface area contributed by atoms with E-state index in [0.29, 0.717) is 39.0 Å². The van der Waals surface area contributed by atoms with E-state index in [-0.39, 0.29) is 23.6 Å². The molecule has 2 heterocycles. The van der Waals surface area contributed by atoms with Crippen LogP contribution in [0.25, 0.3) is 11.1 Å². The molecule has 4 rings (SSSR count). The van der Waals surface area contributed by atoms with Crippen LogP contribution in [0.15, 0.2) is 48.5 Å². The van der Waals surface area contributed by atoms with Crippen LogP contribution in [-0.4, -0.2) is 66.9 Å². The maximum Gasteiger partial charge on any atom is 0.245 e. The summed E-state index contributed by atoms with van der Waals surface area (Å²) in [5.41, 5.74) is 3.23. The minimum absolute atomic E-state index is 0.0329. The van der Waals surface area contributed by atoms with Gasteiger partial charge in [-0.25, -0.2) is 0 Å². The van der Waals surface area contributed by atoms with E-state index in [0.717, 1.165) is 28.9 Å². The van der Waals surface area contributed by atoms with Crippen molar-refractivity contribution in [2.45, 2.75) is 32.2 Å². The Kier molecular flexibility index (Phi) is 6.96. The summed E-state index contributed by atoms with van der Waals surface area (Å²) in [5, 5.41) is 2.94. The lowest BCUT2D eigenvalue weighted by Crippen LogP contribution is -2.49. The molecule has 2 fully saturated rings. The van der Waals surface area contributed by atoms with Crippen LogP contribution in [0.2, 0.25) is 0 Å². The van der Waals surface area contributed by atoms with Crippen LogP contribution in [0, 0.1) is 5.92 Å². The van der Waals surface area contributed by atoms with Gasteiger partial charge in [-0.3, -0.25) is 14.4 Å². The quantitative estimate of drug-likeness (QED) is 0.735. The fourth-order valence-electron chi connectivity index (χ4n) is 4.63. The molecule has 0 spiro atoms. The number of likely N-dealkylation sites (tertiary alicyclic amines) is 1. The maximum absolute atomic E-state index is 13.1. The molecule has 7 nitrogen and oxygen atoms in total. The summed E-state index contributed by atoms with van der Waals surface area (Å²) in [6, 6.07) is 15.6. The first-order chi connectivity index (χ1) is 16.0. The molecule has 0 bridgehead atoms. The van der Waals surface area contributed by atoms with E-state index in [1.54, 1.807) is 23.8 Å². The Bertz CT molecular complexity index is 1000. The van der Waals surface area contributed by atoms with E-state index in [2.05, 4.69) is 17.4 Å². The van der Waals surface area contributed by atoms with Gasteiger partial charge in [-0.2, -0.15) is 0 Å². The van der Waals surface area contributed by atoms with Crippen molar-refractivity contribution in [1.29, 1.82) is 0 Å². The Hall–Kier alpha value is -3.35. The number of benzene rings is 2. The second-order valence-corrected chi connectivity index (χ2v) is 8.77. The van der Waals surface area contributed by atoms with Crippen LogP contribution in [0.4, 0.5) is 0 Å². The van der Waals surface area contributed by atoms with E-state index in [4.69, 9.17) is 4.74 Å². The van der Waals surface area contributed by atoms with Crippen LogP contribution >= 0.6 is 0 Å². The fourth-order valence-corrected chi connectivity index (χ4v) is 4.63. The van der Waals surface area contributed by atoms with Gasteiger partial charge in [0, 0.05) is 32.6 Å². The van der Waals surface area contributed by atoms with Crippen LogP contribution in [-0.2, 0) is 20.8 Å². The molecule has 2 atom stereocenters. The van der Waals surface area contributed by atoms with Gasteiger partial charge in [0.1, 0.15) is 11.8 Å². The zero-order chi connectivity index (χ0) is 23.4. The molecule has 2 aromatic carbocycles. The van der Waals surface area contributed by atoms with Crippen molar-refractivity contribution < 1.29 is 19.1 Å². The minimum Gasteiger partial charge on any atom is -0.497 e. The number of carbonyl (C=O) groups excluding carboxylic acids is 3. The molecule has 0 radical (unpaired) electrons. The molecule has 2 saturated heterocycles. The Morgan fingerprint density at radius 3 is 2.33 bits per heavy atom. The molecule has 0 unspecified atom stereocenters. The number of ether oxygens (including phenoxy) is 1. The highest BCUT2D eigenvalue weighted by molar-refractivity contribution is 5.89. The average molecular weight is 450 g/mol. The number of hydrogen-bond acceptors (Lipinski definition) is 4. The van der Waals surface area contributed by atoms with E-state index in [1.165, 1.54) is 0 Å². The van der Waals surface area contributed by atoms with Crippen molar-refractivity contribution >= 4 is 17.7 Å². The lowest BCUT2D eigenvalue weighted by Gasteiger charge is -2.30. The van der Waals surface area contributed by atoms with Gasteiger partial charge in [0.05, 0.1) is 13.0 Å². The number of rotatable bonds is 6. The molecule has 1 N–H and O–H groups in total. The molecular weight excluding hydrogens is 418 g/mol. The third kappa shape index (κ3) is 5.18. The number of nitrogens with one attached hydrogen (secondary N) is 1. The minimum atomic E-state index is -0.488. The van der Waals surface area contributed by atoms with Crippen molar-refractivity contribution in [3.8, 4) is 16.9 Å². The van der Waals surface area contributed by atoms with Crippen molar-refractivity contribution in [3.05, 3.63) is 54.1 Å². The second-order valence-electron chi connectivity index (χ2n) is 8.77. The van der Waals surface area contributed by atoms with Gasteiger partial charge in [0.2, 0.25) is 17.7 Å². The molecule has 3 amide bonds. The highest BCUT2D eigenvalue weighted by Crippen LogP contribution is 2.24. The van der Waals surface area contributed by atoms with Crippen LogP contribution in [0.3, 0.4) is 0 Å². The van der Waals surface area contributed by atoms with Crippen molar-refractivity contribution in [2.75, 3.05) is 33.3 Å². The summed E-state index contributed by atoms with van der Waals surface area (Å²) in [4.78, 5) is 41.3. The van der Waals surface area contributed by atoms with Gasteiger partial charge in [0.25, 0.3) is 0 Å². The number of nitrogens with zero attached hydrogens (tertiary/aromatic N) is 2. The van der Waals surface area contributed by atoms with Crippen LogP contribution in [0.5, 0.6) is 5.75 Å². The van der Waals surface area contributed by atoms with Crippen molar-refractivity contribution in [3.63, 3.8) is 0 Å². The first-order valence-corrected chi connectivity index (χ1v) is 11.6. The fraction of sp³-hybridized carbons (Fsp3) is 0.423. The van der Waals surface area contributed by atoms with Crippen LogP contribution in [0.1, 0.15) is 25.3 Å². The van der Waals surface area contributed by atoms with E-state index < -0.39 is 6.04 Å². The largest absolute Gasteiger partial charge is 0.497 e. The first-order valence-electron chi connectivity index (χ1n) is 11.6. The number of methoxy groups -OCH3 is 1. The van der Waals surface area contributed by atoms with Gasteiger partial charge in [-0.1, -0.05) is 36.4 Å². The summed E-state index contributed by atoms with van der Waals surface area (Å²) in [7, 11) is 1.65. The summed E-state index contributed by atoms with van der Waals surface area (Å²) >= 11 is 0. The molecule has 174 valence electrons. The Balaban J connectivity index is 1.43. The van der Waals surface area contributed by atoms with E-state index in [9.17, 15) is 14.4 Å². The molecule has 7 heteroatoms. The standard InChI is InChI=1S/C26H31N3O4/c1-18(29-14-3-4-24(29)30)26(32)28-15-13-27-25(31)22(17-28)16-19-5-7-20(8-6-19)21-9-11-23(33-2)12-10-21/h5-12,18,22H,3-4,13-17H2,1-2H3,(H,27,31)/t18-,22-/m1/s1. The molecule has 0 aliphatic carbocycles. The summed E-state index contributed by atoms with van der Waals surface area (Å²) < 4.78 is 5.22. The highest BCUT2D eigenvalue weighted by Gasteiger charge is 2.34. The molecule has 2 aromatic rings. The summed E-state index contributed by atoms with van der Waals surface area (Å²) in [6.45, 7) is 3.67. The second kappa shape index (κ2) is 10.1. The lowest BCUT2D eigenvalue weighted by atomic mass is 9.96. The SMILES string of the molecule is COc1ccc(-c2ccc(C[C@@H]3CN(C(=O)[C@@H](C)N4CCCC4=O)CCNC3=O)cc2)cc1. The molecular formula is C26H31N3O4. The van der Waals surface area contributed by atoms with Gasteiger partial charge in [0.15, 0.2) is 0 Å². The van der Waals surface area contributed by atoms with Crippen molar-refractivity contribution in [2.24, 2.45) is 5.92 Å². The van der Waals surface area contributed by atoms with E-state index >= 15 is 0 Å². The molecule has 2 aliphatic rings. The van der Waals surface area contributed by atoms with Crippen molar-refractivity contribution in [1.82, 2.24) is 15.1 Å². The van der Waals surface area contributed by atoms with E-state index in [1.807, 2.05) is 36.4 Å². The zero-order valence-electron chi connectivity index (χ0n) is 19.3. The predicted molar refractivity (Wildman–Crippen MR) is 126 cm³/mol. The molecule has 33 heavy (non-hydrogen) atoms. The van der Waals surface area contributed by atoms with Crippen LogP contribution < -0.4 is 10.1 Å².